The maximum Gasteiger partial charge on any atom is -0.00390 e. The predicted octanol–water partition coefficient (Wildman–Crippen LogP) is 8.01. The highest BCUT2D eigenvalue weighted by atomic mass is 32.2. The Morgan fingerprint density at radius 3 is 1.15 bits per heavy atom. The molecule has 0 aromatic heterocycles. The van der Waals surface area contributed by atoms with E-state index in [1.807, 2.05) is 0 Å². The zero-order chi connectivity index (χ0) is 18.7. The molecule has 0 aromatic rings. The van der Waals surface area contributed by atoms with Crippen LogP contribution in [0.2, 0.25) is 0 Å². The lowest BCUT2D eigenvalue weighted by Gasteiger charge is -2.30. The third-order valence-corrected chi connectivity index (χ3v) is 11.1. The van der Waals surface area contributed by atoms with Crippen molar-refractivity contribution >= 4 is 35.3 Å². The van der Waals surface area contributed by atoms with E-state index in [9.17, 15) is 0 Å². The van der Waals surface area contributed by atoms with Gasteiger partial charge in [-0.2, -0.15) is 35.3 Å². The van der Waals surface area contributed by atoms with Crippen LogP contribution in [0.15, 0.2) is 0 Å². The molecule has 3 aliphatic rings. The molecule has 27 heavy (non-hydrogen) atoms. The molecule has 3 heteroatoms. The minimum Gasteiger partial charge on any atom is -0.165 e. The molecule has 0 bridgehead atoms. The lowest BCUT2D eigenvalue weighted by molar-refractivity contribution is 0.310. The Kier molecular flexibility index (Phi) is 11.3. The molecule has 3 aliphatic carbocycles. The lowest BCUT2D eigenvalue weighted by Crippen LogP contribution is -2.20. The summed E-state index contributed by atoms with van der Waals surface area (Å²) in [4.78, 5) is 0. The van der Waals surface area contributed by atoms with Gasteiger partial charge in [-0.3, -0.25) is 0 Å². The molecule has 0 unspecified atom stereocenters. The second-order valence-corrected chi connectivity index (χ2v) is 12.9. The smallest absolute Gasteiger partial charge is 0.00390 e. The summed E-state index contributed by atoms with van der Waals surface area (Å²) in [6.07, 6.45) is 22.0. The standard InChI is InChI=1S/C24H44S3/c1-25-15-21-7-9-22(10-8-21)18-27-19-24-13-11-23(12-14-24)17-26-16-20-5-3-2-4-6-20/h20-24H,2-19H2,1H3/t21-,22+,23-,24+. The molecule has 0 N–H and O–H groups in total. The molecule has 3 fully saturated rings. The first kappa shape index (κ1) is 22.7. The Hall–Kier alpha value is 1.05. The topological polar surface area (TPSA) is 0 Å². The van der Waals surface area contributed by atoms with Crippen LogP contribution in [0.1, 0.15) is 83.5 Å². The third-order valence-electron chi connectivity index (χ3n) is 7.47. The predicted molar refractivity (Wildman–Crippen MR) is 131 cm³/mol. The van der Waals surface area contributed by atoms with Gasteiger partial charge in [-0.25, -0.2) is 0 Å². The monoisotopic (exact) mass is 428 g/mol. The Morgan fingerprint density at radius 2 is 0.778 bits per heavy atom. The number of hydrogen-bond donors (Lipinski definition) is 0. The fourth-order valence-electron chi connectivity index (χ4n) is 5.52. The van der Waals surface area contributed by atoms with Crippen molar-refractivity contribution in [3.05, 3.63) is 0 Å². The Morgan fingerprint density at radius 1 is 0.444 bits per heavy atom. The van der Waals surface area contributed by atoms with Crippen LogP contribution in [0.5, 0.6) is 0 Å². The summed E-state index contributed by atoms with van der Waals surface area (Å²) in [5.74, 6) is 12.5. The normalized spacial score (nSPS) is 33.2. The Balaban J connectivity index is 1.18. The van der Waals surface area contributed by atoms with E-state index in [2.05, 4.69) is 41.5 Å². The van der Waals surface area contributed by atoms with Gasteiger partial charge < -0.3 is 0 Å². The van der Waals surface area contributed by atoms with Crippen LogP contribution >= 0.6 is 35.3 Å². The molecule has 0 nitrogen and oxygen atoms in total. The summed E-state index contributed by atoms with van der Waals surface area (Å²) in [5.41, 5.74) is 0. The fourth-order valence-corrected chi connectivity index (χ4v) is 9.27. The van der Waals surface area contributed by atoms with Crippen LogP contribution in [0.25, 0.3) is 0 Å². The van der Waals surface area contributed by atoms with Gasteiger partial charge in [0.2, 0.25) is 0 Å². The average Bonchev–Trinajstić information content (AvgIpc) is 2.72. The van der Waals surface area contributed by atoms with E-state index in [0.717, 1.165) is 29.6 Å². The molecule has 3 saturated carbocycles. The summed E-state index contributed by atoms with van der Waals surface area (Å²) in [7, 11) is 0. The molecule has 0 spiro atoms. The van der Waals surface area contributed by atoms with E-state index in [-0.39, 0.29) is 0 Å². The van der Waals surface area contributed by atoms with E-state index in [0.29, 0.717) is 0 Å². The first-order chi connectivity index (χ1) is 13.3. The molecule has 0 radical (unpaired) electrons. The summed E-state index contributed by atoms with van der Waals surface area (Å²) < 4.78 is 0. The quantitative estimate of drug-likeness (QED) is 0.346. The Labute approximate surface area is 182 Å². The van der Waals surface area contributed by atoms with Gasteiger partial charge in [-0.1, -0.05) is 19.3 Å². The first-order valence-electron chi connectivity index (χ1n) is 12.0. The number of rotatable bonds is 10. The van der Waals surface area contributed by atoms with Crippen molar-refractivity contribution in [2.75, 3.05) is 35.0 Å². The van der Waals surface area contributed by atoms with E-state index in [1.165, 1.54) is 112 Å². The highest BCUT2D eigenvalue weighted by Gasteiger charge is 2.24. The highest BCUT2D eigenvalue weighted by Crippen LogP contribution is 2.36. The van der Waals surface area contributed by atoms with Crippen LogP contribution in [-0.4, -0.2) is 35.0 Å². The van der Waals surface area contributed by atoms with E-state index < -0.39 is 0 Å². The van der Waals surface area contributed by atoms with Crippen LogP contribution in [0.4, 0.5) is 0 Å². The molecular weight excluding hydrogens is 384 g/mol. The van der Waals surface area contributed by atoms with Crippen molar-refractivity contribution in [1.82, 2.24) is 0 Å². The van der Waals surface area contributed by atoms with E-state index >= 15 is 0 Å². The third kappa shape index (κ3) is 8.75. The van der Waals surface area contributed by atoms with Crippen molar-refractivity contribution < 1.29 is 0 Å². The van der Waals surface area contributed by atoms with Gasteiger partial charge >= 0.3 is 0 Å². The molecule has 0 amide bonds. The molecule has 0 aliphatic heterocycles. The molecule has 0 aromatic carbocycles. The lowest BCUT2D eigenvalue weighted by atomic mass is 9.84. The van der Waals surface area contributed by atoms with E-state index in [1.54, 1.807) is 0 Å². The van der Waals surface area contributed by atoms with E-state index in [4.69, 9.17) is 0 Å². The highest BCUT2D eigenvalue weighted by molar-refractivity contribution is 7.99. The van der Waals surface area contributed by atoms with Crippen LogP contribution in [-0.2, 0) is 0 Å². The maximum absolute atomic E-state index is 2.31. The second kappa shape index (κ2) is 13.4. The second-order valence-electron chi connectivity index (χ2n) is 9.81. The summed E-state index contributed by atoms with van der Waals surface area (Å²) in [6.45, 7) is 0. The maximum atomic E-state index is 2.31. The first-order valence-corrected chi connectivity index (χ1v) is 15.7. The van der Waals surface area contributed by atoms with Gasteiger partial charge in [0.15, 0.2) is 0 Å². The van der Waals surface area contributed by atoms with Crippen LogP contribution < -0.4 is 0 Å². The van der Waals surface area contributed by atoms with Gasteiger partial charge in [0.25, 0.3) is 0 Å². The molecule has 158 valence electrons. The van der Waals surface area contributed by atoms with Crippen molar-refractivity contribution in [2.24, 2.45) is 29.6 Å². The fraction of sp³-hybridized carbons (Fsp3) is 1.00. The van der Waals surface area contributed by atoms with Crippen LogP contribution in [0.3, 0.4) is 0 Å². The summed E-state index contributed by atoms with van der Waals surface area (Å²) in [6, 6.07) is 0. The van der Waals surface area contributed by atoms with Crippen molar-refractivity contribution in [3.8, 4) is 0 Å². The molecule has 0 heterocycles. The minimum absolute atomic E-state index is 1.03. The average molecular weight is 429 g/mol. The van der Waals surface area contributed by atoms with Crippen molar-refractivity contribution in [1.29, 1.82) is 0 Å². The largest absolute Gasteiger partial charge is 0.165 e. The van der Waals surface area contributed by atoms with Crippen molar-refractivity contribution in [2.45, 2.75) is 83.5 Å². The minimum atomic E-state index is 1.03. The van der Waals surface area contributed by atoms with Gasteiger partial charge in [-0.05, 0) is 129 Å². The SMILES string of the molecule is CSC[C@H]1CC[C@@H](CSC[C@H]2CC[C@@H](CSCC3CCCCC3)CC2)CC1. The van der Waals surface area contributed by atoms with Crippen molar-refractivity contribution in [3.63, 3.8) is 0 Å². The molecule has 0 saturated heterocycles. The van der Waals surface area contributed by atoms with Gasteiger partial charge in [0.05, 0.1) is 0 Å². The Bertz CT molecular complexity index is 364. The molecule has 3 rings (SSSR count). The molecular formula is C24H44S3. The molecule has 0 atom stereocenters. The summed E-state index contributed by atoms with van der Waals surface area (Å²) in [5, 5.41) is 0. The summed E-state index contributed by atoms with van der Waals surface area (Å²) >= 11 is 6.66. The zero-order valence-electron chi connectivity index (χ0n) is 17.8. The number of thioether (sulfide) groups is 3. The van der Waals surface area contributed by atoms with Gasteiger partial charge in [0.1, 0.15) is 0 Å². The zero-order valence-corrected chi connectivity index (χ0v) is 20.3. The van der Waals surface area contributed by atoms with Crippen LogP contribution in [0, 0.1) is 29.6 Å². The van der Waals surface area contributed by atoms with Gasteiger partial charge in [-0.15, -0.1) is 0 Å². The number of hydrogen-bond acceptors (Lipinski definition) is 3. The van der Waals surface area contributed by atoms with Gasteiger partial charge in [0, 0.05) is 0 Å².